The number of rotatable bonds is 8. The molecule has 8 rings (SSSR count). The normalized spacial score (nSPS) is 19.7. The van der Waals surface area contributed by atoms with Gasteiger partial charge in [0.15, 0.2) is 0 Å². The number of nitrogens with one attached hydrogen (secondary N) is 1. The number of aromatic amines is 1. The lowest BCUT2D eigenvalue weighted by Crippen LogP contribution is -2.49. The highest BCUT2D eigenvalue weighted by Crippen LogP contribution is 2.31. The van der Waals surface area contributed by atoms with E-state index in [1.54, 1.807) is 35.6 Å². The average molecular weight is 673 g/mol. The predicted octanol–water partition coefficient (Wildman–Crippen LogP) is 2.89. The van der Waals surface area contributed by atoms with Gasteiger partial charge < -0.3 is 9.64 Å². The molecule has 2 fully saturated rings. The fourth-order valence-corrected chi connectivity index (χ4v) is 8.97. The monoisotopic (exact) mass is 672 g/mol. The first-order valence-corrected chi connectivity index (χ1v) is 18.0. The van der Waals surface area contributed by atoms with Crippen LogP contribution in [0.2, 0.25) is 0 Å². The Bertz CT molecular complexity index is 2070. The second-order valence-corrected chi connectivity index (χ2v) is 15.2. The van der Waals surface area contributed by atoms with Crippen LogP contribution in [-0.2, 0) is 21.3 Å². The molecular formula is C32H32N8O5S2. The molecule has 3 aromatic heterocycles. The lowest BCUT2D eigenvalue weighted by Gasteiger charge is -2.34. The number of imide groups is 1. The van der Waals surface area contributed by atoms with Crippen molar-refractivity contribution in [2.45, 2.75) is 12.6 Å². The number of benzene rings is 2. The first-order valence-electron chi connectivity index (χ1n) is 15.5. The Balaban J connectivity index is 0.873. The molecule has 3 aliphatic heterocycles. The van der Waals surface area contributed by atoms with Gasteiger partial charge in [-0.3, -0.25) is 24.5 Å². The van der Waals surface area contributed by atoms with E-state index in [4.69, 9.17) is 14.7 Å². The molecular weight excluding hydrogens is 641 g/mol. The summed E-state index contributed by atoms with van der Waals surface area (Å²) < 4.78 is 34.9. The van der Waals surface area contributed by atoms with Gasteiger partial charge in [0.05, 0.1) is 58.2 Å². The maximum absolute atomic E-state index is 13.1. The lowest BCUT2D eigenvalue weighted by atomic mass is 10.0. The smallest absolute Gasteiger partial charge is 0.261 e. The highest BCUT2D eigenvalue weighted by molar-refractivity contribution is 7.89. The molecule has 1 N–H and O–H groups in total. The van der Waals surface area contributed by atoms with Gasteiger partial charge in [0.2, 0.25) is 16.0 Å². The number of nitrogens with zero attached hydrogens (tertiary/aromatic N) is 7. The second-order valence-electron chi connectivity index (χ2n) is 11.9. The SMILES string of the molecule is O=C1c2ccccc2C(=O)N1CCS(=O)(=O)N1CCN(Cc2cc3nc(N4CCOC(c5cccc6[nH]ncc56)C4)ncc3s2)CC1. The van der Waals surface area contributed by atoms with Gasteiger partial charge in [0, 0.05) is 56.1 Å². The molecule has 1 atom stereocenters. The van der Waals surface area contributed by atoms with Crippen LogP contribution >= 0.6 is 11.3 Å². The summed E-state index contributed by atoms with van der Waals surface area (Å²) >= 11 is 1.65. The van der Waals surface area contributed by atoms with Gasteiger partial charge in [0.1, 0.15) is 6.10 Å². The number of amides is 2. The Kier molecular flexibility index (Phi) is 7.72. The van der Waals surface area contributed by atoms with Gasteiger partial charge in [-0.25, -0.2) is 18.4 Å². The molecule has 2 amide bonds. The van der Waals surface area contributed by atoms with Gasteiger partial charge in [0.25, 0.3) is 11.8 Å². The summed E-state index contributed by atoms with van der Waals surface area (Å²) in [6.45, 7) is 4.29. The van der Waals surface area contributed by atoms with E-state index in [0.29, 0.717) is 69.5 Å². The maximum Gasteiger partial charge on any atom is 0.261 e. The van der Waals surface area contributed by atoms with Crippen molar-refractivity contribution in [1.82, 2.24) is 34.3 Å². The van der Waals surface area contributed by atoms with Gasteiger partial charge in [-0.15, -0.1) is 11.3 Å². The topological polar surface area (TPSA) is 145 Å². The average Bonchev–Trinajstić information content (AvgIpc) is 3.80. The molecule has 0 radical (unpaired) electrons. The van der Waals surface area contributed by atoms with Gasteiger partial charge in [-0.1, -0.05) is 24.3 Å². The number of carbonyl (C=O) groups excluding carboxylic acids is 2. The van der Waals surface area contributed by atoms with Gasteiger partial charge in [-0.05, 0) is 29.8 Å². The van der Waals surface area contributed by atoms with Crippen molar-refractivity contribution in [1.29, 1.82) is 0 Å². The minimum Gasteiger partial charge on any atom is -0.370 e. The van der Waals surface area contributed by atoms with Crippen LogP contribution in [0.25, 0.3) is 21.1 Å². The summed E-state index contributed by atoms with van der Waals surface area (Å²) in [5, 5.41) is 8.26. The number of morpholine rings is 1. The molecule has 2 saturated heterocycles. The van der Waals surface area contributed by atoms with Crippen LogP contribution in [0.4, 0.5) is 5.95 Å². The fourth-order valence-electron chi connectivity index (χ4n) is 6.56. The number of H-pyrrole nitrogens is 1. The van der Waals surface area contributed by atoms with E-state index in [1.165, 1.54) is 4.31 Å². The third kappa shape index (κ3) is 5.67. The van der Waals surface area contributed by atoms with Crippen molar-refractivity contribution in [2.24, 2.45) is 0 Å². The summed E-state index contributed by atoms with van der Waals surface area (Å²) in [5.74, 6) is -0.501. The molecule has 242 valence electrons. The van der Waals surface area contributed by atoms with Crippen LogP contribution in [0.5, 0.6) is 0 Å². The molecule has 5 aromatic rings. The van der Waals surface area contributed by atoms with Crippen LogP contribution in [0.15, 0.2) is 60.9 Å². The Morgan fingerprint density at radius 1 is 0.957 bits per heavy atom. The van der Waals surface area contributed by atoms with Crippen LogP contribution < -0.4 is 4.90 Å². The Morgan fingerprint density at radius 2 is 1.74 bits per heavy atom. The largest absolute Gasteiger partial charge is 0.370 e. The van der Waals surface area contributed by atoms with Crippen LogP contribution in [0, 0.1) is 0 Å². The van der Waals surface area contributed by atoms with Crippen molar-refractivity contribution >= 4 is 60.2 Å². The summed E-state index contributed by atoms with van der Waals surface area (Å²) in [7, 11) is -3.64. The van der Waals surface area contributed by atoms with Crippen molar-refractivity contribution in [3.63, 3.8) is 0 Å². The van der Waals surface area contributed by atoms with Crippen molar-refractivity contribution in [3.8, 4) is 0 Å². The number of sulfonamides is 1. The quantitative estimate of drug-likeness (QED) is 0.244. The van der Waals surface area contributed by atoms with E-state index in [2.05, 4.69) is 32.1 Å². The number of hydrogen-bond acceptors (Lipinski definition) is 11. The molecule has 47 heavy (non-hydrogen) atoms. The number of aromatic nitrogens is 4. The standard InChI is InChI=1S/C32H32N8O5S2/c41-30-23-4-1-2-5-24(23)31(42)40(30)13-15-47(43,44)39-10-8-37(9-11-39)19-21-16-27-29(46-21)18-33-32(35-27)38-12-14-45-28(20-38)22-6-3-7-26-25(22)17-34-36-26/h1-7,16-18,28H,8-15,19-20H2,(H,34,36). The zero-order valence-electron chi connectivity index (χ0n) is 25.4. The summed E-state index contributed by atoms with van der Waals surface area (Å²) in [4.78, 5) is 41.5. The molecule has 0 saturated carbocycles. The van der Waals surface area contributed by atoms with E-state index in [9.17, 15) is 18.0 Å². The first kappa shape index (κ1) is 30.1. The third-order valence-corrected chi connectivity index (χ3v) is 12.0. The summed E-state index contributed by atoms with van der Waals surface area (Å²) in [5.41, 5.74) is 3.61. The number of thiophene rings is 1. The molecule has 0 bridgehead atoms. The highest BCUT2D eigenvalue weighted by Gasteiger charge is 2.37. The molecule has 0 spiro atoms. The molecule has 15 heteroatoms. The van der Waals surface area contributed by atoms with E-state index in [0.717, 1.165) is 36.5 Å². The number of hydrogen-bond donors (Lipinski definition) is 1. The number of piperazine rings is 1. The zero-order chi connectivity index (χ0) is 32.1. The van der Waals surface area contributed by atoms with E-state index >= 15 is 0 Å². The Hall–Kier alpha value is -4.28. The van der Waals surface area contributed by atoms with Gasteiger partial charge in [-0.2, -0.15) is 9.40 Å². The highest BCUT2D eigenvalue weighted by atomic mass is 32.2. The lowest BCUT2D eigenvalue weighted by molar-refractivity contribution is 0.0402. The van der Waals surface area contributed by atoms with Crippen LogP contribution in [0.3, 0.4) is 0 Å². The van der Waals surface area contributed by atoms with Crippen molar-refractivity contribution in [2.75, 3.05) is 63.1 Å². The molecule has 6 heterocycles. The summed E-state index contributed by atoms with van der Waals surface area (Å²) in [6, 6.07) is 14.8. The molecule has 3 aliphatic rings. The molecule has 2 aromatic carbocycles. The summed E-state index contributed by atoms with van der Waals surface area (Å²) in [6.07, 6.45) is 3.60. The first-order chi connectivity index (χ1) is 22.8. The minimum atomic E-state index is -3.64. The third-order valence-electron chi connectivity index (χ3n) is 9.08. The Morgan fingerprint density at radius 3 is 2.53 bits per heavy atom. The number of fused-ring (bicyclic) bond motifs is 3. The number of anilines is 1. The molecule has 13 nitrogen and oxygen atoms in total. The van der Waals surface area contributed by atoms with Crippen LogP contribution in [-0.4, -0.2) is 113 Å². The zero-order valence-corrected chi connectivity index (χ0v) is 27.0. The molecule has 1 unspecified atom stereocenters. The minimum absolute atomic E-state index is 0.118. The van der Waals surface area contributed by atoms with E-state index < -0.39 is 21.8 Å². The number of ether oxygens (including phenoxy) is 1. The van der Waals surface area contributed by atoms with Gasteiger partial charge >= 0.3 is 0 Å². The van der Waals surface area contributed by atoms with Crippen molar-refractivity contribution in [3.05, 3.63) is 82.5 Å². The van der Waals surface area contributed by atoms with Crippen molar-refractivity contribution < 1.29 is 22.7 Å². The number of carbonyl (C=O) groups is 2. The Labute approximate surface area is 274 Å². The van der Waals surface area contributed by atoms with Crippen LogP contribution in [0.1, 0.15) is 37.3 Å². The second kappa shape index (κ2) is 12.1. The maximum atomic E-state index is 13.1. The fraction of sp³-hybridized carbons (Fsp3) is 0.344. The van der Waals surface area contributed by atoms with E-state index in [1.807, 2.05) is 24.5 Å². The van der Waals surface area contributed by atoms with E-state index in [-0.39, 0.29) is 18.4 Å². The predicted molar refractivity (Wildman–Crippen MR) is 177 cm³/mol. The molecule has 0 aliphatic carbocycles.